The molecule has 0 bridgehead atoms. The molecule has 0 spiro atoms. The third kappa shape index (κ3) is 1.80. The number of nitrogens with zero attached hydrogens (tertiary/aromatic N) is 1. The minimum Gasteiger partial charge on any atom is -0.204 e. The highest BCUT2D eigenvalue weighted by Gasteiger charge is 2.31. The molecule has 0 heterocycles. The highest BCUT2D eigenvalue weighted by atomic mass is 19.2. The van der Waals surface area contributed by atoms with Crippen molar-refractivity contribution in [3.8, 4) is 6.07 Å². The van der Waals surface area contributed by atoms with E-state index in [0.717, 1.165) is 0 Å². The lowest BCUT2D eigenvalue weighted by molar-refractivity contribution is 0.418. The summed E-state index contributed by atoms with van der Waals surface area (Å²) in [4.78, 5) is 0. The van der Waals surface area contributed by atoms with Gasteiger partial charge in [0.05, 0.1) is 11.5 Å². The van der Waals surface area contributed by atoms with Crippen molar-refractivity contribution in [2.75, 3.05) is 0 Å². The van der Waals surface area contributed by atoms with Crippen LogP contribution in [0.1, 0.15) is 19.4 Å². The molecule has 0 aliphatic carbocycles. The van der Waals surface area contributed by atoms with Gasteiger partial charge in [0.2, 0.25) is 0 Å². The summed E-state index contributed by atoms with van der Waals surface area (Å²) in [5.41, 5.74) is -2.51. The lowest BCUT2D eigenvalue weighted by Gasteiger charge is -2.17. The van der Waals surface area contributed by atoms with Crippen LogP contribution in [0, 0.1) is 34.6 Å². The van der Waals surface area contributed by atoms with E-state index in [-0.39, 0.29) is 6.07 Å². The molecule has 0 saturated carbocycles. The fourth-order valence-electron chi connectivity index (χ4n) is 1.18. The summed E-state index contributed by atoms with van der Waals surface area (Å²) in [5.74, 6) is -6.07. The average molecular weight is 217 g/mol. The zero-order chi connectivity index (χ0) is 11.8. The standard InChI is InChI=1S/C10H7F4N/c1-10(2,4-15)7-8(13)5(11)3-6(12)9(7)14/h3H,1-2H3. The first-order valence-electron chi connectivity index (χ1n) is 4.06. The van der Waals surface area contributed by atoms with Crippen molar-refractivity contribution < 1.29 is 17.6 Å². The maximum atomic E-state index is 13.2. The third-order valence-corrected chi connectivity index (χ3v) is 2.02. The Morgan fingerprint density at radius 2 is 1.47 bits per heavy atom. The van der Waals surface area contributed by atoms with Gasteiger partial charge in [-0.3, -0.25) is 0 Å². The van der Waals surface area contributed by atoms with Crippen LogP contribution in [0.3, 0.4) is 0 Å². The zero-order valence-electron chi connectivity index (χ0n) is 8.04. The predicted octanol–water partition coefficient (Wildman–Crippen LogP) is 3.04. The van der Waals surface area contributed by atoms with E-state index >= 15 is 0 Å². The molecule has 80 valence electrons. The molecule has 1 aromatic carbocycles. The van der Waals surface area contributed by atoms with Crippen molar-refractivity contribution >= 4 is 0 Å². The molecule has 0 aliphatic heterocycles. The molecular weight excluding hydrogens is 210 g/mol. The second kappa shape index (κ2) is 3.54. The summed E-state index contributed by atoms with van der Waals surface area (Å²) in [6, 6.07) is 1.69. The van der Waals surface area contributed by atoms with E-state index in [2.05, 4.69) is 0 Å². The van der Waals surface area contributed by atoms with Crippen LogP contribution in [0.2, 0.25) is 0 Å². The number of rotatable bonds is 1. The first-order chi connectivity index (χ1) is 6.81. The smallest absolute Gasteiger partial charge is 0.166 e. The van der Waals surface area contributed by atoms with E-state index in [0.29, 0.717) is 0 Å². The number of hydrogen-bond acceptors (Lipinski definition) is 1. The van der Waals surface area contributed by atoms with Crippen LogP contribution in [0.5, 0.6) is 0 Å². The van der Waals surface area contributed by atoms with Crippen molar-refractivity contribution in [3.63, 3.8) is 0 Å². The largest absolute Gasteiger partial charge is 0.204 e. The van der Waals surface area contributed by atoms with Crippen molar-refractivity contribution in [2.24, 2.45) is 0 Å². The van der Waals surface area contributed by atoms with Gasteiger partial charge in [0, 0.05) is 11.6 Å². The minimum absolute atomic E-state index is 0.113. The van der Waals surface area contributed by atoms with Crippen LogP contribution < -0.4 is 0 Å². The molecule has 0 atom stereocenters. The van der Waals surface area contributed by atoms with Crippen LogP contribution in [-0.2, 0) is 5.41 Å². The molecule has 1 nitrogen and oxygen atoms in total. The molecule has 0 fully saturated rings. The molecule has 0 unspecified atom stereocenters. The quantitative estimate of drug-likeness (QED) is 0.524. The molecule has 0 amide bonds. The maximum absolute atomic E-state index is 13.2. The molecular formula is C10H7F4N. The van der Waals surface area contributed by atoms with Gasteiger partial charge in [-0.15, -0.1) is 0 Å². The number of halogens is 4. The highest BCUT2D eigenvalue weighted by molar-refractivity contribution is 5.34. The Morgan fingerprint density at radius 3 is 1.80 bits per heavy atom. The van der Waals surface area contributed by atoms with Crippen LogP contribution in [-0.4, -0.2) is 0 Å². The molecule has 1 aromatic rings. The van der Waals surface area contributed by atoms with Gasteiger partial charge in [0.15, 0.2) is 23.3 Å². The van der Waals surface area contributed by atoms with Crippen LogP contribution in [0.15, 0.2) is 6.07 Å². The van der Waals surface area contributed by atoms with E-state index < -0.39 is 34.2 Å². The van der Waals surface area contributed by atoms with Crippen LogP contribution >= 0.6 is 0 Å². The van der Waals surface area contributed by atoms with Gasteiger partial charge in [0.25, 0.3) is 0 Å². The van der Waals surface area contributed by atoms with Gasteiger partial charge in [-0.2, -0.15) is 5.26 Å². The van der Waals surface area contributed by atoms with Crippen molar-refractivity contribution in [3.05, 3.63) is 34.9 Å². The number of hydrogen-bond donors (Lipinski definition) is 0. The molecule has 1 rings (SSSR count). The maximum Gasteiger partial charge on any atom is 0.166 e. The van der Waals surface area contributed by atoms with E-state index in [9.17, 15) is 17.6 Å². The van der Waals surface area contributed by atoms with Crippen LogP contribution in [0.25, 0.3) is 0 Å². The third-order valence-electron chi connectivity index (χ3n) is 2.02. The predicted molar refractivity (Wildman–Crippen MR) is 44.9 cm³/mol. The van der Waals surface area contributed by atoms with Crippen molar-refractivity contribution in [2.45, 2.75) is 19.3 Å². The normalized spacial score (nSPS) is 11.3. The molecule has 0 saturated heterocycles. The Labute approximate surface area is 83.9 Å². The van der Waals surface area contributed by atoms with E-state index in [1.54, 1.807) is 6.07 Å². The highest BCUT2D eigenvalue weighted by Crippen LogP contribution is 2.30. The van der Waals surface area contributed by atoms with Crippen LogP contribution in [0.4, 0.5) is 17.6 Å². The summed E-state index contributed by atoms with van der Waals surface area (Å²) in [6.45, 7) is 2.35. The Morgan fingerprint density at radius 1 is 1.07 bits per heavy atom. The van der Waals surface area contributed by atoms with Gasteiger partial charge in [0.1, 0.15) is 0 Å². The Hall–Kier alpha value is -1.57. The average Bonchev–Trinajstić information content (AvgIpc) is 2.15. The number of nitriles is 1. The topological polar surface area (TPSA) is 23.8 Å². The van der Waals surface area contributed by atoms with E-state index in [4.69, 9.17) is 5.26 Å². The lowest BCUT2D eigenvalue weighted by atomic mass is 9.85. The van der Waals surface area contributed by atoms with E-state index in [1.165, 1.54) is 13.8 Å². The fourth-order valence-corrected chi connectivity index (χ4v) is 1.18. The molecule has 0 radical (unpaired) electrons. The van der Waals surface area contributed by atoms with E-state index in [1.807, 2.05) is 0 Å². The second-order valence-corrected chi connectivity index (χ2v) is 3.58. The van der Waals surface area contributed by atoms with Gasteiger partial charge in [-0.1, -0.05) is 0 Å². The summed E-state index contributed by atoms with van der Waals surface area (Å²) in [6.07, 6.45) is 0. The molecule has 15 heavy (non-hydrogen) atoms. The Kier molecular flexibility index (Phi) is 2.71. The first-order valence-corrected chi connectivity index (χ1v) is 4.06. The first kappa shape index (κ1) is 11.5. The monoisotopic (exact) mass is 217 g/mol. The Bertz CT molecular complexity index is 419. The summed E-state index contributed by atoms with van der Waals surface area (Å²) in [5, 5.41) is 8.65. The minimum atomic E-state index is -1.63. The molecule has 0 aromatic heterocycles. The number of benzene rings is 1. The summed E-state index contributed by atoms with van der Waals surface area (Å²) < 4.78 is 52.0. The second-order valence-electron chi connectivity index (χ2n) is 3.58. The molecule has 0 N–H and O–H groups in total. The van der Waals surface area contributed by atoms with Gasteiger partial charge < -0.3 is 0 Å². The Balaban J connectivity index is 3.62. The molecule has 0 aliphatic rings. The van der Waals surface area contributed by atoms with Gasteiger partial charge >= 0.3 is 0 Å². The SMILES string of the molecule is CC(C)(C#N)c1c(F)c(F)cc(F)c1F. The lowest BCUT2D eigenvalue weighted by Crippen LogP contribution is -2.20. The molecule has 5 heteroatoms. The summed E-state index contributed by atoms with van der Waals surface area (Å²) >= 11 is 0. The zero-order valence-corrected chi connectivity index (χ0v) is 8.04. The van der Waals surface area contributed by atoms with Gasteiger partial charge in [-0.05, 0) is 13.8 Å². The van der Waals surface area contributed by atoms with Crippen molar-refractivity contribution in [1.82, 2.24) is 0 Å². The fraction of sp³-hybridized carbons (Fsp3) is 0.300. The summed E-state index contributed by atoms with van der Waals surface area (Å²) in [7, 11) is 0. The van der Waals surface area contributed by atoms with Gasteiger partial charge in [-0.25, -0.2) is 17.6 Å². The van der Waals surface area contributed by atoms with Crippen molar-refractivity contribution in [1.29, 1.82) is 5.26 Å².